The fourth-order valence-corrected chi connectivity index (χ4v) is 5.98. The summed E-state index contributed by atoms with van der Waals surface area (Å²) in [6.45, 7) is 20.0. The van der Waals surface area contributed by atoms with E-state index in [-0.39, 0.29) is 10.8 Å². The van der Waals surface area contributed by atoms with Crippen molar-refractivity contribution in [2.24, 2.45) is 0 Å². The molecular weight excluding hydrogens is 468 g/mol. The third-order valence-corrected chi connectivity index (χ3v) is 7.47. The molecule has 0 spiro atoms. The zero-order valence-electron chi connectivity index (χ0n) is 25.3. The average Bonchev–Trinajstić information content (AvgIpc) is 2.92. The Kier molecular flexibility index (Phi) is 8.17. The van der Waals surface area contributed by atoms with E-state index >= 15 is 0 Å². The van der Waals surface area contributed by atoms with Gasteiger partial charge in [-0.3, -0.25) is 0 Å². The van der Waals surface area contributed by atoms with E-state index in [0.29, 0.717) is 0 Å². The highest BCUT2D eigenvalue weighted by atomic mass is 14.3. The van der Waals surface area contributed by atoms with Gasteiger partial charge in [-0.2, -0.15) is 0 Å². The standard InChI is InChI=1S/C19H20.C18H18.C2H6/c1-13-14-9-5-7-11-16(14)18(19(2,3)4)17-12-8-6-10-15(13)17;1-18(2,3)17-15-10-6-4-8-13(15)12-14-9-5-7-11-16(14)17;1-2/h5-12H,1-4H3;4-12H,1-3H3;1-2H3. The lowest BCUT2D eigenvalue weighted by Gasteiger charge is -2.25. The maximum atomic E-state index is 2.30. The summed E-state index contributed by atoms with van der Waals surface area (Å²) in [6, 6.07) is 37.2. The first-order valence-electron chi connectivity index (χ1n) is 14.4. The molecule has 0 radical (unpaired) electrons. The SMILES string of the molecule is CC.CC(C)(C)c1c2ccccc2cc2ccccc12.Cc1c2ccccc2c(C(C)(C)C)c2ccccc12. The topological polar surface area (TPSA) is 0 Å². The second-order valence-corrected chi connectivity index (χ2v) is 12.3. The van der Waals surface area contributed by atoms with E-state index in [1.54, 1.807) is 0 Å². The molecule has 6 aromatic rings. The van der Waals surface area contributed by atoms with Crippen LogP contribution in [-0.4, -0.2) is 0 Å². The van der Waals surface area contributed by atoms with Gasteiger partial charge < -0.3 is 0 Å². The maximum Gasteiger partial charge on any atom is -0.0120 e. The second kappa shape index (κ2) is 11.2. The Hall–Kier alpha value is -3.64. The number of hydrogen-bond donors (Lipinski definition) is 0. The van der Waals surface area contributed by atoms with Crippen LogP contribution in [0.25, 0.3) is 43.1 Å². The fraction of sp³-hybridized carbons (Fsp3) is 0.282. The van der Waals surface area contributed by atoms with E-state index in [1.807, 2.05) is 13.8 Å². The van der Waals surface area contributed by atoms with Crippen molar-refractivity contribution in [2.45, 2.75) is 73.1 Å². The minimum absolute atomic E-state index is 0.146. The Morgan fingerprint density at radius 3 is 1.03 bits per heavy atom. The Labute approximate surface area is 235 Å². The molecule has 0 bridgehead atoms. The molecule has 0 saturated heterocycles. The van der Waals surface area contributed by atoms with Crippen LogP contribution >= 0.6 is 0 Å². The molecule has 0 unspecified atom stereocenters. The molecule has 39 heavy (non-hydrogen) atoms. The van der Waals surface area contributed by atoms with Crippen molar-refractivity contribution < 1.29 is 0 Å². The third-order valence-electron chi connectivity index (χ3n) is 7.47. The molecule has 0 nitrogen and oxygen atoms in total. The van der Waals surface area contributed by atoms with Gasteiger partial charge in [0, 0.05) is 0 Å². The highest BCUT2D eigenvalue weighted by Crippen LogP contribution is 2.39. The van der Waals surface area contributed by atoms with Crippen LogP contribution in [0, 0.1) is 6.92 Å². The summed E-state index contributed by atoms with van der Waals surface area (Å²) < 4.78 is 0. The van der Waals surface area contributed by atoms with Crippen molar-refractivity contribution >= 4 is 43.1 Å². The average molecular weight is 513 g/mol. The quantitative estimate of drug-likeness (QED) is 0.178. The lowest BCUT2D eigenvalue weighted by atomic mass is 9.79. The van der Waals surface area contributed by atoms with Gasteiger partial charge in [-0.05, 0) is 83.6 Å². The second-order valence-electron chi connectivity index (χ2n) is 12.3. The fourth-order valence-electron chi connectivity index (χ4n) is 5.98. The summed E-state index contributed by atoms with van der Waals surface area (Å²) in [4.78, 5) is 0. The molecule has 0 fully saturated rings. The Bertz CT molecular complexity index is 1630. The molecule has 200 valence electrons. The lowest BCUT2D eigenvalue weighted by molar-refractivity contribution is 0.601. The van der Waals surface area contributed by atoms with Gasteiger partial charge in [-0.25, -0.2) is 0 Å². The highest BCUT2D eigenvalue weighted by molar-refractivity contribution is 6.06. The van der Waals surface area contributed by atoms with E-state index in [4.69, 9.17) is 0 Å². The van der Waals surface area contributed by atoms with Crippen LogP contribution in [0.1, 0.15) is 72.1 Å². The highest BCUT2D eigenvalue weighted by Gasteiger charge is 2.22. The molecule has 0 amide bonds. The predicted molar refractivity (Wildman–Crippen MR) is 176 cm³/mol. The normalized spacial score (nSPS) is 11.7. The maximum absolute atomic E-state index is 2.30. The van der Waals surface area contributed by atoms with Gasteiger partial charge >= 0.3 is 0 Å². The van der Waals surface area contributed by atoms with E-state index in [2.05, 4.69) is 152 Å². The monoisotopic (exact) mass is 512 g/mol. The molecule has 0 aromatic heterocycles. The van der Waals surface area contributed by atoms with Gasteiger partial charge in [0.05, 0.1) is 0 Å². The van der Waals surface area contributed by atoms with Crippen LogP contribution in [0.2, 0.25) is 0 Å². The summed E-state index contributed by atoms with van der Waals surface area (Å²) in [5, 5.41) is 11.0. The van der Waals surface area contributed by atoms with Crippen molar-refractivity contribution in [3.8, 4) is 0 Å². The van der Waals surface area contributed by atoms with Crippen molar-refractivity contribution in [1.82, 2.24) is 0 Å². The molecule has 6 rings (SSSR count). The van der Waals surface area contributed by atoms with Crippen LogP contribution < -0.4 is 0 Å². The summed E-state index contributed by atoms with van der Waals surface area (Å²) >= 11 is 0. The van der Waals surface area contributed by atoms with Gasteiger partial charge in [-0.1, -0.05) is 152 Å². The zero-order chi connectivity index (χ0) is 28.4. The minimum atomic E-state index is 0.146. The Balaban J connectivity index is 0.000000170. The number of fused-ring (bicyclic) bond motifs is 4. The van der Waals surface area contributed by atoms with E-state index in [9.17, 15) is 0 Å². The lowest BCUT2D eigenvalue weighted by Crippen LogP contribution is -2.13. The number of hydrogen-bond acceptors (Lipinski definition) is 0. The van der Waals surface area contributed by atoms with Crippen molar-refractivity contribution in [3.05, 3.63) is 120 Å². The van der Waals surface area contributed by atoms with Crippen LogP contribution in [0.3, 0.4) is 0 Å². The van der Waals surface area contributed by atoms with Crippen LogP contribution in [0.5, 0.6) is 0 Å². The number of rotatable bonds is 0. The van der Waals surface area contributed by atoms with Gasteiger partial charge in [0.2, 0.25) is 0 Å². The summed E-state index contributed by atoms with van der Waals surface area (Å²) in [7, 11) is 0. The predicted octanol–water partition coefficient (Wildman–Crippen LogP) is 11.9. The van der Waals surface area contributed by atoms with Crippen molar-refractivity contribution in [3.63, 3.8) is 0 Å². The molecule has 0 heteroatoms. The molecule has 0 aliphatic heterocycles. The van der Waals surface area contributed by atoms with E-state index in [1.165, 1.54) is 59.8 Å². The molecule has 0 atom stereocenters. The van der Waals surface area contributed by atoms with Crippen LogP contribution in [0.15, 0.2) is 103 Å². The largest absolute Gasteiger partial charge is 0.0683 e. The summed E-state index contributed by atoms with van der Waals surface area (Å²) in [6.07, 6.45) is 0. The zero-order valence-corrected chi connectivity index (χ0v) is 25.3. The first-order valence-corrected chi connectivity index (χ1v) is 14.4. The number of benzene rings is 6. The van der Waals surface area contributed by atoms with E-state index < -0.39 is 0 Å². The first-order chi connectivity index (χ1) is 18.6. The molecule has 0 N–H and O–H groups in total. The van der Waals surface area contributed by atoms with Gasteiger partial charge in [0.15, 0.2) is 0 Å². The van der Waals surface area contributed by atoms with Crippen molar-refractivity contribution in [1.29, 1.82) is 0 Å². The Morgan fingerprint density at radius 1 is 0.385 bits per heavy atom. The minimum Gasteiger partial charge on any atom is -0.0683 e. The summed E-state index contributed by atoms with van der Waals surface area (Å²) in [5.74, 6) is 0. The molecule has 0 heterocycles. The third kappa shape index (κ3) is 5.57. The van der Waals surface area contributed by atoms with Gasteiger partial charge in [-0.15, -0.1) is 0 Å². The Morgan fingerprint density at radius 2 is 0.667 bits per heavy atom. The smallest absolute Gasteiger partial charge is 0.0120 e. The molecule has 6 aromatic carbocycles. The van der Waals surface area contributed by atoms with Crippen LogP contribution in [0.4, 0.5) is 0 Å². The van der Waals surface area contributed by atoms with Gasteiger partial charge in [0.25, 0.3) is 0 Å². The molecular formula is C39H44. The van der Waals surface area contributed by atoms with Crippen molar-refractivity contribution in [2.75, 3.05) is 0 Å². The number of aryl methyl sites for hydroxylation is 1. The van der Waals surface area contributed by atoms with E-state index in [0.717, 1.165) is 0 Å². The van der Waals surface area contributed by atoms with Crippen LogP contribution in [-0.2, 0) is 10.8 Å². The van der Waals surface area contributed by atoms with Gasteiger partial charge in [0.1, 0.15) is 0 Å². The molecule has 0 aliphatic carbocycles. The summed E-state index contributed by atoms with van der Waals surface area (Å²) in [5.41, 5.74) is 4.60. The molecule has 0 saturated carbocycles. The molecule has 0 aliphatic rings. The first kappa shape index (κ1) is 28.4.